The Bertz CT molecular complexity index is 138. The monoisotopic (exact) mass is 141 g/mol. The standard InChI is InChI=1S/C7H9O3/c1-7(9)10-6-4-2-3-5-8/h2-3H,4,6H2,1H3. The predicted octanol–water partition coefficient (Wildman–Crippen LogP) is 0.606. The molecule has 0 saturated carbocycles. The lowest BCUT2D eigenvalue weighted by molar-refractivity contribution is -0.140. The summed E-state index contributed by atoms with van der Waals surface area (Å²) in [5, 5.41) is 0. The Hall–Kier alpha value is -1.12. The van der Waals surface area contributed by atoms with Crippen LogP contribution in [0.5, 0.6) is 0 Å². The molecule has 0 aliphatic carbocycles. The van der Waals surface area contributed by atoms with Crippen LogP contribution in [0.25, 0.3) is 0 Å². The summed E-state index contributed by atoms with van der Waals surface area (Å²) in [7, 11) is 0. The number of carbonyl (C=O) groups excluding carboxylic acids is 2. The van der Waals surface area contributed by atoms with E-state index in [9.17, 15) is 9.59 Å². The summed E-state index contributed by atoms with van der Waals surface area (Å²) in [5.41, 5.74) is 0. The van der Waals surface area contributed by atoms with Crippen LogP contribution in [0.2, 0.25) is 0 Å². The normalized spacial score (nSPS) is 9.70. The quantitative estimate of drug-likeness (QED) is 0.327. The molecule has 0 spiro atoms. The minimum absolute atomic E-state index is 0.302. The molecule has 0 aromatic heterocycles. The van der Waals surface area contributed by atoms with Crippen molar-refractivity contribution >= 4 is 12.3 Å². The first kappa shape index (κ1) is 8.88. The van der Waals surface area contributed by atoms with Crippen molar-refractivity contribution in [2.24, 2.45) is 0 Å². The summed E-state index contributed by atoms with van der Waals surface area (Å²) in [4.78, 5) is 19.7. The molecule has 0 heterocycles. The van der Waals surface area contributed by atoms with Gasteiger partial charge in [-0.25, -0.2) is 0 Å². The van der Waals surface area contributed by atoms with Gasteiger partial charge in [0.25, 0.3) is 0 Å². The van der Waals surface area contributed by atoms with Gasteiger partial charge >= 0.3 is 5.97 Å². The second-order valence-electron chi connectivity index (χ2n) is 1.65. The van der Waals surface area contributed by atoms with Gasteiger partial charge in [-0.05, 0) is 12.5 Å². The van der Waals surface area contributed by atoms with E-state index in [-0.39, 0.29) is 5.97 Å². The van der Waals surface area contributed by atoms with Crippen LogP contribution in [0, 0.1) is 0 Å². The van der Waals surface area contributed by atoms with E-state index < -0.39 is 0 Å². The van der Waals surface area contributed by atoms with Crippen LogP contribution >= 0.6 is 0 Å². The van der Waals surface area contributed by atoms with E-state index in [4.69, 9.17) is 0 Å². The third kappa shape index (κ3) is 6.88. The molecule has 0 saturated heterocycles. The second kappa shape index (κ2) is 6.01. The zero-order valence-electron chi connectivity index (χ0n) is 5.79. The molecule has 0 aromatic carbocycles. The van der Waals surface area contributed by atoms with Gasteiger partial charge in [-0.3, -0.25) is 9.59 Å². The molecule has 0 bridgehead atoms. The zero-order chi connectivity index (χ0) is 7.82. The van der Waals surface area contributed by atoms with E-state index in [0.29, 0.717) is 13.0 Å². The van der Waals surface area contributed by atoms with Crippen LogP contribution in [-0.4, -0.2) is 18.9 Å². The largest absolute Gasteiger partial charge is 0.466 e. The van der Waals surface area contributed by atoms with Gasteiger partial charge in [-0.1, -0.05) is 6.08 Å². The molecule has 0 N–H and O–H groups in total. The number of hydrogen-bond acceptors (Lipinski definition) is 3. The Balaban J connectivity index is 3.12. The lowest BCUT2D eigenvalue weighted by atomic mass is 10.4. The molecule has 3 nitrogen and oxygen atoms in total. The molecule has 1 radical (unpaired) electrons. The molecule has 0 fully saturated rings. The fourth-order valence-corrected chi connectivity index (χ4v) is 0.402. The Morgan fingerprint density at radius 1 is 1.70 bits per heavy atom. The van der Waals surface area contributed by atoms with Gasteiger partial charge in [0.1, 0.15) is 0 Å². The number of esters is 1. The molecular weight excluding hydrogens is 132 g/mol. The van der Waals surface area contributed by atoms with Gasteiger partial charge < -0.3 is 4.74 Å². The zero-order valence-corrected chi connectivity index (χ0v) is 5.79. The maximum absolute atomic E-state index is 10.2. The minimum atomic E-state index is -0.302. The summed E-state index contributed by atoms with van der Waals surface area (Å²) in [6.07, 6.45) is 5.00. The number of rotatable bonds is 4. The Morgan fingerprint density at radius 3 is 2.90 bits per heavy atom. The van der Waals surface area contributed by atoms with Crippen LogP contribution in [0.15, 0.2) is 12.2 Å². The Morgan fingerprint density at radius 2 is 2.40 bits per heavy atom. The number of ether oxygens (including phenoxy) is 1. The van der Waals surface area contributed by atoms with Crippen molar-refractivity contribution in [3.05, 3.63) is 12.2 Å². The van der Waals surface area contributed by atoms with Gasteiger partial charge in [0.05, 0.1) is 6.61 Å². The second-order valence-corrected chi connectivity index (χ2v) is 1.65. The van der Waals surface area contributed by atoms with Gasteiger partial charge in [-0.2, -0.15) is 0 Å². The topological polar surface area (TPSA) is 43.4 Å². The molecule has 0 unspecified atom stereocenters. The van der Waals surface area contributed by atoms with Crippen LogP contribution in [-0.2, 0) is 14.3 Å². The van der Waals surface area contributed by atoms with Crippen molar-refractivity contribution in [1.29, 1.82) is 0 Å². The van der Waals surface area contributed by atoms with E-state index in [1.54, 1.807) is 12.4 Å². The highest BCUT2D eigenvalue weighted by atomic mass is 16.5. The number of carbonyl (C=O) groups is 1. The SMILES string of the molecule is CC(=O)OCCC=C[C]=O. The number of allylic oxidation sites excluding steroid dienone is 1. The molecule has 0 rings (SSSR count). The maximum atomic E-state index is 10.2. The summed E-state index contributed by atoms with van der Waals surface area (Å²) in [6, 6.07) is 0. The molecule has 0 atom stereocenters. The first-order chi connectivity index (χ1) is 4.77. The minimum Gasteiger partial charge on any atom is -0.466 e. The highest BCUT2D eigenvalue weighted by molar-refractivity contribution is 5.66. The van der Waals surface area contributed by atoms with Gasteiger partial charge in [0.2, 0.25) is 6.29 Å². The van der Waals surface area contributed by atoms with Crippen LogP contribution < -0.4 is 0 Å². The molecule has 0 aliphatic heterocycles. The third-order valence-corrected chi connectivity index (χ3v) is 0.776. The van der Waals surface area contributed by atoms with Gasteiger partial charge in [0, 0.05) is 6.92 Å². The van der Waals surface area contributed by atoms with Crippen molar-refractivity contribution < 1.29 is 14.3 Å². The molecule has 55 valence electrons. The summed E-state index contributed by atoms with van der Waals surface area (Å²) >= 11 is 0. The summed E-state index contributed by atoms with van der Waals surface area (Å²) in [6.45, 7) is 1.67. The first-order valence-corrected chi connectivity index (χ1v) is 2.93. The van der Waals surface area contributed by atoms with E-state index in [1.165, 1.54) is 13.0 Å². The summed E-state index contributed by atoms with van der Waals surface area (Å²) in [5.74, 6) is -0.302. The van der Waals surface area contributed by atoms with Crippen molar-refractivity contribution in [3.8, 4) is 0 Å². The van der Waals surface area contributed by atoms with Crippen molar-refractivity contribution in [1.82, 2.24) is 0 Å². The van der Waals surface area contributed by atoms with Crippen molar-refractivity contribution in [3.63, 3.8) is 0 Å². The first-order valence-electron chi connectivity index (χ1n) is 2.93. The lowest BCUT2D eigenvalue weighted by Gasteiger charge is -1.95. The Kier molecular flexibility index (Phi) is 5.33. The highest BCUT2D eigenvalue weighted by Crippen LogP contribution is 1.84. The molecule has 3 heteroatoms. The molecule has 0 aromatic rings. The van der Waals surface area contributed by atoms with E-state index in [0.717, 1.165) is 0 Å². The van der Waals surface area contributed by atoms with Crippen LogP contribution in [0.1, 0.15) is 13.3 Å². The predicted molar refractivity (Wildman–Crippen MR) is 36.1 cm³/mol. The van der Waals surface area contributed by atoms with E-state index in [1.807, 2.05) is 0 Å². The molecule has 0 amide bonds. The fraction of sp³-hybridized carbons (Fsp3) is 0.429. The molecule has 0 aliphatic rings. The molecule has 10 heavy (non-hydrogen) atoms. The van der Waals surface area contributed by atoms with Crippen LogP contribution in [0.4, 0.5) is 0 Å². The average Bonchev–Trinajstić information content (AvgIpc) is 1.87. The maximum Gasteiger partial charge on any atom is 0.302 e. The van der Waals surface area contributed by atoms with Crippen LogP contribution in [0.3, 0.4) is 0 Å². The van der Waals surface area contributed by atoms with Gasteiger partial charge in [0.15, 0.2) is 0 Å². The van der Waals surface area contributed by atoms with E-state index in [2.05, 4.69) is 4.74 Å². The fourth-order valence-electron chi connectivity index (χ4n) is 0.402. The number of hydrogen-bond donors (Lipinski definition) is 0. The summed E-state index contributed by atoms with van der Waals surface area (Å²) < 4.78 is 4.57. The van der Waals surface area contributed by atoms with Crippen molar-refractivity contribution in [2.75, 3.05) is 6.61 Å². The lowest BCUT2D eigenvalue weighted by Crippen LogP contribution is -1.98. The smallest absolute Gasteiger partial charge is 0.302 e. The Labute approximate surface area is 59.7 Å². The van der Waals surface area contributed by atoms with E-state index >= 15 is 0 Å². The average molecular weight is 141 g/mol. The van der Waals surface area contributed by atoms with Gasteiger partial charge in [-0.15, -0.1) is 0 Å². The molecular formula is C7H9O3. The highest BCUT2D eigenvalue weighted by Gasteiger charge is 1.87. The third-order valence-electron chi connectivity index (χ3n) is 0.776. The van der Waals surface area contributed by atoms with Crippen molar-refractivity contribution in [2.45, 2.75) is 13.3 Å².